The Morgan fingerprint density at radius 1 is 1.38 bits per heavy atom. The predicted octanol–water partition coefficient (Wildman–Crippen LogP) is 4.37. The first kappa shape index (κ1) is 12.3. The first-order valence-corrected chi connectivity index (χ1v) is 7.03. The first-order chi connectivity index (χ1) is 7.38. The molecule has 0 fully saturated rings. The molecule has 0 saturated heterocycles. The van der Waals surface area contributed by atoms with Gasteiger partial charge in [0.15, 0.2) is 0 Å². The van der Waals surface area contributed by atoms with Crippen LogP contribution in [0.3, 0.4) is 0 Å². The van der Waals surface area contributed by atoms with Crippen LogP contribution in [0.1, 0.15) is 18.9 Å². The molecule has 0 bridgehead atoms. The fraction of sp³-hybridized carbons (Fsp3) is 0.300. The van der Waals surface area contributed by atoms with E-state index in [-0.39, 0.29) is 0 Å². The van der Waals surface area contributed by atoms with Crippen LogP contribution in [0.25, 0.3) is 11.3 Å². The Kier molecular flexibility index (Phi) is 3.29. The molecule has 16 heavy (non-hydrogen) atoms. The third-order valence-corrected chi connectivity index (χ3v) is 4.66. The summed E-state index contributed by atoms with van der Waals surface area (Å²) in [6, 6.07) is 1.83. The fourth-order valence-electron chi connectivity index (χ4n) is 1.21. The Balaban J connectivity index is 2.43. The van der Waals surface area contributed by atoms with Crippen LogP contribution in [0.15, 0.2) is 11.4 Å². The van der Waals surface area contributed by atoms with Crippen molar-refractivity contribution >= 4 is 45.9 Å². The van der Waals surface area contributed by atoms with E-state index in [1.807, 2.05) is 25.3 Å². The van der Waals surface area contributed by atoms with Gasteiger partial charge < -0.3 is 5.73 Å². The number of thiophene rings is 1. The van der Waals surface area contributed by atoms with Gasteiger partial charge in [-0.25, -0.2) is 4.98 Å². The van der Waals surface area contributed by atoms with Gasteiger partial charge in [0.1, 0.15) is 9.34 Å². The fourth-order valence-corrected chi connectivity index (χ4v) is 3.55. The SMILES string of the molecule is CC(C)(N)c1nc(-c2cc(Cl)sc2Cl)cs1. The molecule has 2 N–H and O–H groups in total. The molecular formula is C10H10Cl2N2S2. The Bertz CT molecular complexity index is 511. The second-order valence-electron chi connectivity index (χ2n) is 4.00. The number of aromatic nitrogens is 1. The van der Waals surface area contributed by atoms with Gasteiger partial charge in [0.25, 0.3) is 0 Å². The van der Waals surface area contributed by atoms with Gasteiger partial charge >= 0.3 is 0 Å². The molecule has 0 unspecified atom stereocenters. The van der Waals surface area contributed by atoms with Gasteiger partial charge in [-0.15, -0.1) is 22.7 Å². The number of nitrogens with two attached hydrogens (primary N) is 1. The summed E-state index contributed by atoms with van der Waals surface area (Å²) in [4.78, 5) is 4.48. The standard InChI is InChI=1S/C10H10Cl2N2S2/c1-10(2,13)9-14-6(4-15-9)5-3-7(11)16-8(5)12/h3-4H,13H2,1-2H3. The number of halogens is 2. The molecular weight excluding hydrogens is 283 g/mol. The van der Waals surface area contributed by atoms with E-state index >= 15 is 0 Å². The summed E-state index contributed by atoms with van der Waals surface area (Å²) < 4.78 is 1.33. The van der Waals surface area contributed by atoms with Crippen molar-refractivity contribution in [3.05, 3.63) is 25.1 Å². The number of hydrogen-bond donors (Lipinski definition) is 1. The average Bonchev–Trinajstić information content (AvgIpc) is 2.70. The van der Waals surface area contributed by atoms with E-state index in [0.29, 0.717) is 8.67 Å². The van der Waals surface area contributed by atoms with Gasteiger partial charge in [-0.05, 0) is 19.9 Å². The van der Waals surface area contributed by atoms with Crippen molar-refractivity contribution in [1.82, 2.24) is 4.98 Å². The Hall–Kier alpha value is -0.130. The minimum absolute atomic E-state index is 0.421. The summed E-state index contributed by atoms with van der Waals surface area (Å²) in [5, 5.41) is 2.84. The Morgan fingerprint density at radius 3 is 2.50 bits per heavy atom. The van der Waals surface area contributed by atoms with E-state index in [2.05, 4.69) is 4.98 Å². The molecule has 0 spiro atoms. The summed E-state index contributed by atoms with van der Waals surface area (Å²) in [6.45, 7) is 3.86. The second kappa shape index (κ2) is 4.27. The lowest BCUT2D eigenvalue weighted by molar-refractivity contribution is 0.551. The van der Waals surface area contributed by atoms with E-state index in [9.17, 15) is 0 Å². The lowest BCUT2D eigenvalue weighted by atomic mass is 10.1. The zero-order chi connectivity index (χ0) is 11.9. The molecule has 6 heteroatoms. The topological polar surface area (TPSA) is 38.9 Å². The van der Waals surface area contributed by atoms with E-state index < -0.39 is 5.54 Å². The van der Waals surface area contributed by atoms with Crippen LogP contribution in [0.5, 0.6) is 0 Å². The molecule has 2 aromatic rings. The minimum atomic E-state index is -0.421. The largest absolute Gasteiger partial charge is 0.320 e. The highest BCUT2D eigenvalue weighted by atomic mass is 35.5. The second-order valence-corrected chi connectivity index (χ2v) is 7.14. The highest BCUT2D eigenvalue weighted by Crippen LogP contribution is 2.39. The molecule has 0 atom stereocenters. The maximum absolute atomic E-state index is 6.07. The normalized spacial score (nSPS) is 12.1. The van der Waals surface area contributed by atoms with Crippen LogP contribution in [0.4, 0.5) is 0 Å². The van der Waals surface area contributed by atoms with Crippen LogP contribution in [0, 0.1) is 0 Å². The zero-order valence-corrected chi connectivity index (χ0v) is 11.9. The van der Waals surface area contributed by atoms with E-state index in [0.717, 1.165) is 16.3 Å². The van der Waals surface area contributed by atoms with Crippen LogP contribution in [-0.2, 0) is 5.54 Å². The average molecular weight is 293 g/mol. The van der Waals surface area contributed by atoms with Crippen LogP contribution >= 0.6 is 45.9 Å². The molecule has 0 aliphatic heterocycles. The molecule has 0 aliphatic carbocycles. The number of hydrogen-bond acceptors (Lipinski definition) is 4. The molecule has 0 aliphatic rings. The Morgan fingerprint density at radius 2 is 2.06 bits per heavy atom. The number of nitrogens with zero attached hydrogens (tertiary/aromatic N) is 1. The van der Waals surface area contributed by atoms with Crippen molar-refractivity contribution in [2.24, 2.45) is 5.73 Å². The van der Waals surface area contributed by atoms with Gasteiger partial charge in [-0.3, -0.25) is 0 Å². The van der Waals surface area contributed by atoms with Crippen LogP contribution in [0.2, 0.25) is 8.67 Å². The number of rotatable bonds is 2. The van der Waals surface area contributed by atoms with Crippen molar-refractivity contribution in [2.75, 3.05) is 0 Å². The lowest BCUT2D eigenvalue weighted by Crippen LogP contribution is -2.28. The zero-order valence-electron chi connectivity index (χ0n) is 8.75. The van der Waals surface area contributed by atoms with E-state index in [4.69, 9.17) is 28.9 Å². The van der Waals surface area contributed by atoms with Gasteiger partial charge in [-0.2, -0.15) is 0 Å². The molecule has 0 aromatic carbocycles. The highest BCUT2D eigenvalue weighted by molar-refractivity contribution is 7.20. The lowest BCUT2D eigenvalue weighted by Gasteiger charge is -2.13. The van der Waals surface area contributed by atoms with Gasteiger partial charge in [-0.1, -0.05) is 23.2 Å². The third kappa shape index (κ3) is 2.41. The summed E-state index contributed by atoms with van der Waals surface area (Å²) in [7, 11) is 0. The molecule has 86 valence electrons. The Labute approximate surface area is 112 Å². The van der Waals surface area contributed by atoms with Crippen molar-refractivity contribution < 1.29 is 0 Å². The summed E-state index contributed by atoms with van der Waals surface area (Å²) in [5.41, 5.74) is 7.28. The molecule has 2 aromatic heterocycles. The summed E-state index contributed by atoms with van der Waals surface area (Å²) in [6.07, 6.45) is 0. The quantitative estimate of drug-likeness (QED) is 0.892. The monoisotopic (exact) mass is 292 g/mol. The smallest absolute Gasteiger partial charge is 0.113 e. The maximum Gasteiger partial charge on any atom is 0.113 e. The molecule has 2 heterocycles. The van der Waals surface area contributed by atoms with Crippen LogP contribution in [-0.4, -0.2) is 4.98 Å². The van der Waals surface area contributed by atoms with E-state index in [1.165, 1.54) is 22.7 Å². The summed E-state index contributed by atoms with van der Waals surface area (Å²) in [5.74, 6) is 0. The van der Waals surface area contributed by atoms with Crippen LogP contribution < -0.4 is 5.73 Å². The third-order valence-electron chi connectivity index (χ3n) is 1.99. The van der Waals surface area contributed by atoms with E-state index in [1.54, 1.807) is 0 Å². The van der Waals surface area contributed by atoms with Gasteiger partial charge in [0.2, 0.25) is 0 Å². The van der Waals surface area contributed by atoms with Crippen molar-refractivity contribution in [3.63, 3.8) is 0 Å². The maximum atomic E-state index is 6.07. The van der Waals surface area contributed by atoms with Crippen molar-refractivity contribution in [3.8, 4) is 11.3 Å². The molecule has 2 nitrogen and oxygen atoms in total. The molecule has 0 radical (unpaired) electrons. The molecule has 0 saturated carbocycles. The first-order valence-electron chi connectivity index (χ1n) is 4.58. The molecule has 2 rings (SSSR count). The highest BCUT2D eigenvalue weighted by Gasteiger charge is 2.20. The summed E-state index contributed by atoms with van der Waals surface area (Å²) >= 11 is 14.8. The minimum Gasteiger partial charge on any atom is -0.320 e. The van der Waals surface area contributed by atoms with Crippen molar-refractivity contribution in [1.29, 1.82) is 0 Å². The van der Waals surface area contributed by atoms with Crippen molar-refractivity contribution in [2.45, 2.75) is 19.4 Å². The number of thiazole rings is 1. The molecule has 0 amide bonds. The van der Waals surface area contributed by atoms with Gasteiger partial charge in [0, 0.05) is 10.9 Å². The van der Waals surface area contributed by atoms with Gasteiger partial charge in [0.05, 0.1) is 15.6 Å². The predicted molar refractivity (Wildman–Crippen MR) is 72.7 cm³/mol.